The lowest BCUT2D eigenvalue weighted by Crippen LogP contribution is -2.17. The average molecular weight is 432 g/mol. The van der Waals surface area contributed by atoms with Crippen molar-refractivity contribution in [3.63, 3.8) is 0 Å². The Morgan fingerprint density at radius 1 is 0.900 bits per heavy atom. The molecule has 1 N–H and O–H groups in total. The van der Waals surface area contributed by atoms with Gasteiger partial charge in [0.05, 0.1) is 6.61 Å². The first kappa shape index (κ1) is 22.1. The molecule has 3 rings (SSSR count). The van der Waals surface area contributed by atoms with Gasteiger partial charge in [0.1, 0.15) is 18.2 Å². The minimum atomic E-state index is -0.316. The van der Waals surface area contributed by atoms with Gasteiger partial charge in [-0.1, -0.05) is 41.9 Å². The first-order valence-electron chi connectivity index (χ1n) is 9.83. The van der Waals surface area contributed by atoms with E-state index in [9.17, 15) is 8.78 Å². The first-order chi connectivity index (χ1) is 14.6. The predicted octanol–water partition coefficient (Wildman–Crippen LogP) is 5.93. The molecule has 0 bridgehead atoms. The van der Waals surface area contributed by atoms with E-state index in [1.54, 1.807) is 36.4 Å². The summed E-state index contributed by atoms with van der Waals surface area (Å²) in [4.78, 5) is 0. The molecule has 3 aromatic rings. The second-order valence-electron chi connectivity index (χ2n) is 6.76. The molecule has 0 radical (unpaired) electrons. The van der Waals surface area contributed by atoms with Crippen molar-refractivity contribution in [1.82, 2.24) is 5.32 Å². The Bertz CT molecular complexity index is 964. The average Bonchev–Trinajstić information content (AvgIpc) is 2.74. The monoisotopic (exact) mass is 431 g/mol. The number of halogens is 3. The van der Waals surface area contributed by atoms with Crippen molar-refractivity contribution in [3.8, 4) is 11.5 Å². The van der Waals surface area contributed by atoms with Gasteiger partial charge in [-0.3, -0.25) is 0 Å². The third-order valence-corrected chi connectivity index (χ3v) is 4.92. The zero-order valence-corrected chi connectivity index (χ0v) is 17.5. The summed E-state index contributed by atoms with van der Waals surface area (Å²) in [6.45, 7) is 3.70. The van der Waals surface area contributed by atoms with Crippen LogP contribution in [0.1, 0.15) is 23.6 Å². The van der Waals surface area contributed by atoms with Crippen LogP contribution in [-0.2, 0) is 19.6 Å². The lowest BCUT2D eigenvalue weighted by Gasteiger charge is -2.15. The van der Waals surface area contributed by atoms with Gasteiger partial charge in [0.15, 0.2) is 11.5 Å². The number of hydrogen-bond donors (Lipinski definition) is 1. The van der Waals surface area contributed by atoms with E-state index in [-0.39, 0.29) is 18.2 Å². The van der Waals surface area contributed by atoms with Crippen molar-refractivity contribution in [3.05, 3.63) is 94.0 Å². The molecular formula is C24H24ClF2NO2. The molecule has 0 aliphatic rings. The summed E-state index contributed by atoms with van der Waals surface area (Å²) in [6, 6.07) is 16.5. The van der Waals surface area contributed by atoms with E-state index in [1.807, 2.05) is 13.0 Å². The number of rotatable bonds is 10. The van der Waals surface area contributed by atoms with E-state index < -0.39 is 0 Å². The second kappa shape index (κ2) is 11.0. The van der Waals surface area contributed by atoms with Crippen molar-refractivity contribution in [2.24, 2.45) is 0 Å². The van der Waals surface area contributed by atoms with Gasteiger partial charge >= 0.3 is 0 Å². The summed E-state index contributed by atoms with van der Waals surface area (Å²) in [7, 11) is 0. The summed E-state index contributed by atoms with van der Waals surface area (Å²) in [5, 5.41) is 3.87. The topological polar surface area (TPSA) is 30.5 Å². The first-order valence-corrected chi connectivity index (χ1v) is 10.2. The van der Waals surface area contributed by atoms with E-state index in [0.717, 1.165) is 24.1 Å². The van der Waals surface area contributed by atoms with Gasteiger partial charge in [0.2, 0.25) is 0 Å². The van der Waals surface area contributed by atoms with Crippen molar-refractivity contribution in [2.45, 2.75) is 26.5 Å². The van der Waals surface area contributed by atoms with Crippen molar-refractivity contribution >= 4 is 11.6 Å². The van der Waals surface area contributed by atoms with Gasteiger partial charge in [0.25, 0.3) is 0 Å². The molecule has 30 heavy (non-hydrogen) atoms. The molecule has 0 amide bonds. The third-order valence-electron chi connectivity index (χ3n) is 4.57. The maximum absolute atomic E-state index is 13.8. The van der Waals surface area contributed by atoms with Crippen molar-refractivity contribution in [2.75, 3.05) is 13.2 Å². The molecule has 0 saturated carbocycles. The molecule has 0 aromatic heterocycles. The Balaban J connectivity index is 1.61. The van der Waals surface area contributed by atoms with Crippen LogP contribution in [0.4, 0.5) is 8.78 Å². The standard InChI is InChI=1S/C24H24ClF2NO2/c1-2-29-23-13-19(15-28-12-11-17-7-9-20(26)10-8-17)21(25)14-24(23)30-16-18-5-3-4-6-22(18)27/h3-10,13-14,28H,2,11-12,15-16H2,1H3. The van der Waals surface area contributed by atoms with Crippen molar-refractivity contribution in [1.29, 1.82) is 0 Å². The molecule has 3 aromatic carbocycles. The van der Waals surface area contributed by atoms with Crippen LogP contribution in [0.15, 0.2) is 60.7 Å². The molecule has 0 unspecified atom stereocenters. The molecule has 158 valence electrons. The fourth-order valence-electron chi connectivity index (χ4n) is 2.97. The van der Waals surface area contributed by atoms with E-state index in [0.29, 0.717) is 35.2 Å². The number of nitrogens with one attached hydrogen (secondary N) is 1. The molecule has 0 atom stereocenters. The predicted molar refractivity (Wildman–Crippen MR) is 115 cm³/mol. The molecule has 3 nitrogen and oxygen atoms in total. The minimum Gasteiger partial charge on any atom is -0.490 e. The largest absolute Gasteiger partial charge is 0.490 e. The molecule has 0 aliphatic heterocycles. The fraction of sp³-hybridized carbons (Fsp3) is 0.250. The fourth-order valence-corrected chi connectivity index (χ4v) is 3.19. The van der Waals surface area contributed by atoms with Gasteiger partial charge in [-0.2, -0.15) is 0 Å². The van der Waals surface area contributed by atoms with Gasteiger partial charge in [-0.05, 0) is 55.3 Å². The summed E-state index contributed by atoms with van der Waals surface area (Å²) < 4.78 is 38.3. The van der Waals surface area contributed by atoms with E-state index in [4.69, 9.17) is 21.1 Å². The molecule has 0 fully saturated rings. The Morgan fingerprint density at radius 2 is 1.63 bits per heavy atom. The van der Waals surface area contributed by atoms with Gasteiger partial charge in [0, 0.05) is 23.2 Å². The van der Waals surface area contributed by atoms with Crippen LogP contribution in [0, 0.1) is 11.6 Å². The Hall–Kier alpha value is -2.63. The Labute approximate surface area is 180 Å². The van der Waals surface area contributed by atoms with Crippen LogP contribution in [0.3, 0.4) is 0 Å². The zero-order valence-electron chi connectivity index (χ0n) is 16.8. The molecule has 0 heterocycles. The second-order valence-corrected chi connectivity index (χ2v) is 7.16. The third kappa shape index (κ3) is 6.18. The summed E-state index contributed by atoms with van der Waals surface area (Å²) in [5.41, 5.74) is 2.39. The Kier molecular flexibility index (Phi) is 8.05. The maximum Gasteiger partial charge on any atom is 0.163 e. The normalized spacial score (nSPS) is 10.8. The summed E-state index contributed by atoms with van der Waals surface area (Å²) in [5.74, 6) is 0.483. The van der Waals surface area contributed by atoms with Gasteiger partial charge in [-0.15, -0.1) is 0 Å². The highest BCUT2D eigenvalue weighted by Crippen LogP contribution is 2.34. The highest BCUT2D eigenvalue weighted by molar-refractivity contribution is 6.31. The van der Waals surface area contributed by atoms with Crippen LogP contribution in [0.25, 0.3) is 0 Å². The number of benzene rings is 3. The molecule has 6 heteroatoms. The van der Waals surface area contributed by atoms with Crippen molar-refractivity contribution < 1.29 is 18.3 Å². The van der Waals surface area contributed by atoms with E-state index in [2.05, 4.69) is 5.32 Å². The quantitative estimate of drug-likeness (QED) is 0.404. The number of ether oxygens (including phenoxy) is 2. The minimum absolute atomic E-state index is 0.0817. The van der Waals surface area contributed by atoms with Crippen LogP contribution in [0.2, 0.25) is 5.02 Å². The van der Waals surface area contributed by atoms with Crippen LogP contribution < -0.4 is 14.8 Å². The Morgan fingerprint density at radius 3 is 2.37 bits per heavy atom. The van der Waals surface area contributed by atoms with Crippen LogP contribution >= 0.6 is 11.6 Å². The van der Waals surface area contributed by atoms with Crippen LogP contribution in [-0.4, -0.2) is 13.2 Å². The molecule has 0 saturated heterocycles. The SMILES string of the molecule is CCOc1cc(CNCCc2ccc(F)cc2)c(Cl)cc1OCc1ccccc1F. The van der Waals surface area contributed by atoms with E-state index >= 15 is 0 Å². The molecule has 0 spiro atoms. The lowest BCUT2D eigenvalue weighted by molar-refractivity contribution is 0.265. The maximum atomic E-state index is 13.8. The molecule has 0 aliphatic carbocycles. The lowest BCUT2D eigenvalue weighted by atomic mass is 10.1. The van der Waals surface area contributed by atoms with Gasteiger partial charge < -0.3 is 14.8 Å². The van der Waals surface area contributed by atoms with Crippen LogP contribution in [0.5, 0.6) is 11.5 Å². The highest BCUT2D eigenvalue weighted by atomic mass is 35.5. The van der Waals surface area contributed by atoms with E-state index in [1.165, 1.54) is 18.2 Å². The molecular weight excluding hydrogens is 408 g/mol. The smallest absolute Gasteiger partial charge is 0.163 e. The summed E-state index contributed by atoms with van der Waals surface area (Å²) in [6.07, 6.45) is 0.778. The highest BCUT2D eigenvalue weighted by Gasteiger charge is 2.12. The van der Waals surface area contributed by atoms with Gasteiger partial charge in [-0.25, -0.2) is 8.78 Å². The zero-order chi connectivity index (χ0) is 21.3. The number of hydrogen-bond acceptors (Lipinski definition) is 3. The summed E-state index contributed by atoms with van der Waals surface area (Å²) >= 11 is 6.44.